The van der Waals surface area contributed by atoms with Crippen LogP contribution in [0, 0.1) is 0 Å². The molecular formula is C9H15NaO8. The Balaban J connectivity index is 0. The molecule has 0 saturated carbocycles. The summed E-state index contributed by atoms with van der Waals surface area (Å²) >= 11 is 0. The minimum absolute atomic E-state index is 0. The Kier molecular flexibility index (Phi) is 10.6. The van der Waals surface area contributed by atoms with Crippen LogP contribution >= 0.6 is 0 Å². The summed E-state index contributed by atoms with van der Waals surface area (Å²) in [5, 5.41) is 36.1. The third-order valence-electron chi connectivity index (χ3n) is 1.93. The van der Waals surface area contributed by atoms with Crippen LogP contribution in [0.1, 0.15) is 6.92 Å². The van der Waals surface area contributed by atoms with Gasteiger partial charge in [0.05, 0.1) is 6.61 Å². The summed E-state index contributed by atoms with van der Waals surface area (Å²) in [7, 11) is 0. The number of aliphatic hydroxyl groups excluding tert-OH is 4. The third kappa shape index (κ3) is 6.01. The molecule has 0 fully saturated rings. The Morgan fingerprint density at radius 1 is 1.22 bits per heavy atom. The van der Waals surface area contributed by atoms with Crippen molar-refractivity contribution < 1.29 is 39.5 Å². The Bertz CT molecular complexity index is 294. The molecule has 9 heteroatoms. The van der Waals surface area contributed by atoms with Crippen LogP contribution < -0.4 is 0 Å². The number of Topliss-reactive ketones (excluding diaryl/α,β-unsaturated/α-hetero) is 1. The predicted molar refractivity (Wildman–Crippen MR) is 58.9 cm³/mol. The van der Waals surface area contributed by atoms with Gasteiger partial charge < -0.3 is 25.2 Å². The first-order chi connectivity index (χ1) is 7.84. The van der Waals surface area contributed by atoms with E-state index in [1.54, 1.807) is 0 Å². The molecule has 4 atom stereocenters. The number of aliphatic hydroxyl groups is 4. The summed E-state index contributed by atoms with van der Waals surface area (Å²) in [4.78, 5) is 31.9. The van der Waals surface area contributed by atoms with Gasteiger partial charge in [0.15, 0.2) is 12.4 Å². The third-order valence-corrected chi connectivity index (χ3v) is 1.93. The molecule has 0 aromatic carbocycles. The maximum absolute atomic E-state index is 10.8. The van der Waals surface area contributed by atoms with Gasteiger partial charge >= 0.3 is 35.5 Å². The first-order valence-corrected chi connectivity index (χ1v) is 4.67. The van der Waals surface area contributed by atoms with Crippen molar-refractivity contribution in [2.45, 2.75) is 31.3 Å². The number of carbonyl (C=O) groups is 3. The van der Waals surface area contributed by atoms with Crippen molar-refractivity contribution in [3.63, 3.8) is 0 Å². The van der Waals surface area contributed by atoms with Gasteiger partial charge in [-0.15, -0.1) is 0 Å². The summed E-state index contributed by atoms with van der Waals surface area (Å²) in [5.74, 6) is -2.34. The molecule has 18 heavy (non-hydrogen) atoms. The van der Waals surface area contributed by atoms with Gasteiger partial charge in [-0.2, -0.15) is 0 Å². The van der Waals surface area contributed by atoms with Gasteiger partial charge in [0.2, 0.25) is 5.78 Å². The molecule has 0 bridgehead atoms. The fraction of sp³-hybridized carbons (Fsp3) is 0.667. The Morgan fingerprint density at radius 2 is 1.72 bits per heavy atom. The molecule has 0 rings (SSSR count). The zero-order valence-corrected chi connectivity index (χ0v) is 9.02. The van der Waals surface area contributed by atoms with Crippen molar-refractivity contribution in [3.8, 4) is 0 Å². The van der Waals surface area contributed by atoms with Crippen molar-refractivity contribution in [2.24, 2.45) is 0 Å². The zero-order chi connectivity index (χ0) is 13.6. The molecule has 100 valence electrons. The first-order valence-electron chi connectivity index (χ1n) is 4.67. The number of rotatable bonds is 7. The zero-order valence-electron chi connectivity index (χ0n) is 9.02. The SMILES string of the molecule is CC(=O)C(=O)O[C@@H](C=O)[C@@H](O)[C@H](O)[C@H](O)CO.[NaH]. The average molecular weight is 274 g/mol. The average Bonchev–Trinajstić information content (AvgIpc) is 2.32. The summed E-state index contributed by atoms with van der Waals surface area (Å²) in [6.07, 6.45) is -7.35. The number of esters is 1. The quantitative estimate of drug-likeness (QED) is 0.160. The molecule has 0 heterocycles. The van der Waals surface area contributed by atoms with Crippen molar-refractivity contribution in [1.29, 1.82) is 0 Å². The molecule has 0 aliphatic heterocycles. The van der Waals surface area contributed by atoms with E-state index in [9.17, 15) is 24.6 Å². The second kappa shape index (κ2) is 9.56. The van der Waals surface area contributed by atoms with Crippen molar-refractivity contribution in [1.82, 2.24) is 0 Å². The van der Waals surface area contributed by atoms with Crippen molar-refractivity contribution in [3.05, 3.63) is 0 Å². The Hall–Kier alpha value is -0.350. The van der Waals surface area contributed by atoms with Crippen molar-refractivity contribution in [2.75, 3.05) is 6.61 Å². The van der Waals surface area contributed by atoms with Crippen LogP contribution in [0.25, 0.3) is 0 Å². The van der Waals surface area contributed by atoms with Gasteiger partial charge in [-0.25, -0.2) is 4.79 Å². The van der Waals surface area contributed by atoms with E-state index in [-0.39, 0.29) is 35.8 Å². The summed E-state index contributed by atoms with van der Waals surface area (Å²) in [6, 6.07) is 0. The minimum atomic E-state index is -1.95. The van der Waals surface area contributed by atoms with Crippen LogP contribution in [-0.4, -0.2) is 99.0 Å². The molecule has 0 spiro atoms. The van der Waals surface area contributed by atoms with Crippen LogP contribution in [0.2, 0.25) is 0 Å². The molecule has 0 unspecified atom stereocenters. The number of aldehydes is 1. The molecule has 0 aromatic heterocycles. The molecule has 8 nitrogen and oxygen atoms in total. The molecule has 0 saturated heterocycles. The number of carbonyl (C=O) groups excluding carboxylic acids is 3. The fourth-order valence-electron chi connectivity index (χ4n) is 0.915. The first kappa shape index (κ1) is 20.0. The Labute approximate surface area is 125 Å². The molecular weight excluding hydrogens is 259 g/mol. The van der Waals surface area contributed by atoms with Crippen LogP contribution in [0.4, 0.5) is 0 Å². The summed E-state index contributed by atoms with van der Waals surface area (Å²) in [5.41, 5.74) is 0. The van der Waals surface area contributed by atoms with E-state index < -0.39 is 42.8 Å². The topological polar surface area (TPSA) is 141 Å². The van der Waals surface area contributed by atoms with Crippen LogP contribution in [0.15, 0.2) is 0 Å². The molecule has 0 radical (unpaired) electrons. The molecule has 0 aliphatic carbocycles. The fourth-order valence-corrected chi connectivity index (χ4v) is 0.915. The number of hydrogen-bond donors (Lipinski definition) is 4. The van der Waals surface area contributed by atoms with Gasteiger partial charge in [-0.05, 0) is 0 Å². The van der Waals surface area contributed by atoms with E-state index in [0.29, 0.717) is 0 Å². The molecule has 0 amide bonds. The summed E-state index contributed by atoms with van der Waals surface area (Å²) < 4.78 is 4.28. The van der Waals surface area contributed by atoms with E-state index in [1.807, 2.05) is 0 Å². The maximum atomic E-state index is 10.8. The van der Waals surface area contributed by atoms with Gasteiger partial charge in [0.1, 0.15) is 18.3 Å². The van der Waals surface area contributed by atoms with Gasteiger partial charge in [0.25, 0.3) is 0 Å². The van der Waals surface area contributed by atoms with E-state index in [2.05, 4.69) is 4.74 Å². The van der Waals surface area contributed by atoms with Gasteiger partial charge in [-0.3, -0.25) is 9.59 Å². The van der Waals surface area contributed by atoms with E-state index in [4.69, 9.17) is 10.2 Å². The van der Waals surface area contributed by atoms with E-state index in [1.165, 1.54) is 0 Å². The number of ether oxygens (including phenoxy) is 1. The second-order valence-corrected chi connectivity index (χ2v) is 3.29. The monoisotopic (exact) mass is 274 g/mol. The molecule has 0 aromatic rings. The van der Waals surface area contributed by atoms with E-state index in [0.717, 1.165) is 6.92 Å². The van der Waals surface area contributed by atoms with Crippen LogP contribution in [0.3, 0.4) is 0 Å². The summed E-state index contributed by atoms with van der Waals surface area (Å²) in [6.45, 7) is 0.0417. The normalized spacial score (nSPS) is 16.7. The standard InChI is InChI=1S/C9H14O8.Na.H/c1-4(12)9(16)17-6(3-11)8(15)7(14)5(13)2-10;;/h3,5-8,10,13-15H,2H2,1H3;;/t5-,6+,7-,8-;;/m1../s1. The second-order valence-electron chi connectivity index (χ2n) is 3.29. The van der Waals surface area contributed by atoms with Crippen molar-refractivity contribution >= 4 is 47.6 Å². The van der Waals surface area contributed by atoms with Crippen LogP contribution in [0.5, 0.6) is 0 Å². The number of ketones is 1. The van der Waals surface area contributed by atoms with Gasteiger partial charge in [0, 0.05) is 6.92 Å². The van der Waals surface area contributed by atoms with Gasteiger partial charge in [-0.1, -0.05) is 0 Å². The Morgan fingerprint density at radius 3 is 2.06 bits per heavy atom. The molecule has 4 N–H and O–H groups in total. The number of hydrogen-bond acceptors (Lipinski definition) is 8. The molecule has 0 aliphatic rings. The predicted octanol–water partition coefficient (Wildman–Crippen LogP) is -3.89. The van der Waals surface area contributed by atoms with Crippen LogP contribution in [-0.2, 0) is 19.1 Å². The van der Waals surface area contributed by atoms with E-state index >= 15 is 0 Å².